The van der Waals surface area contributed by atoms with Crippen molar-refractivity contribution in [3.8, 4) is 17.2 Å². The molecule has 6 heteroatoms. The van der Waals surface area contributed by atoms with Gasteiger partial charge in [0.05, 0.1) is 23.6 Å². The van der Waals surface area contributed by atoms with Crippen LogP contribution in [-0.2, 0) is 0 Å². The number of ketones is 1. The van der Waals surface area contributed by atoms with Crippen LogP contribution in [0.2, 0.25) is 0 Å². The third-order valence-corrected chi connectivity index (χ3v) is 5.28. The van der Waals surface area contributed by atoms with Crippen LogP contribution in [0, 0.1) is 0 Å². The van der Waals surface area contributed by atoms with E-state index in [9.17, 15) is 19.8 Å². The number of carbonyl (C=O) groups excluding carboxylic acids is 1. The lowest BCUT2D eigenvalue weighted by Gasteiger charge is -2.19. The van der Waals surface area contributed by atoms with E-state index in [0.717, 1.165) is 0 Å². The Labute approximate surface area is 178 Å². The van der Waals surface area contributed by atoms with Crippen molar-refractivity contribution >= 4 is 16.8 Å². The number of phenolic OH excluding ortho intramolecular Hbond substituents is 1. The first-order chi connectivity index (χ1) is 15.0. The summed E-state index contributed by atoms with van der Waals surface area (Å²) in [6, 6.07) is 19.8. The molecule has 1 unspecified atom stereocenters. The maximum atomic E-state index is 13.0. The van der Waals surface area contributed by atoms with Gasteiger partial charge in [0.1, 0.15) is 22.8 Å². The number of Topliss-reactive ketones (excluding diaryl/α,β-unsaturated/α-hetero) is 1. The molecule has 0 saturated carbocycles. The van der Waals surface area contributed by atoms with Gasteiger partial charge < -0.3 is 19.4 Å². The number of phenols is 1. The van der Waals surface area contributed by atoms with Crippen LogP contribution < -0.4 is 10.4 Å². The summed E-state index contributed by atoms with van der Waals surface area (Å²) in [5.41, 5.74) is 0.303. The summed E-state index contributed by atoms with van der Waals surface area (Å²) >= 11 is 0. The van der Waals surface area contributed by atoms with Gasteiger partial charge in [-0.15, -0.1) is 0 Å². The van der Waals surface area contributed by atoms with Crippen LogP contribution in [-0.4, -0.2) is 23.1 Å². The predicted octanol–water partition coefficient (Wildman–Crippen LogP) is 4.62. The molecule has 0 spiro atoms. The van der Waals surface area contributed by atoms with Gasteiger partial charge in [-0.05, 0) is 42.0 Å². The first-order valence-corrected chi connectivity index (χ1v) is 9.69. The zero-order chi connectivity index (χ0) is 22.0. The van der Waals surface area contributed by atoms with Gasteiger partial charge in [-0.2, -0.15) is 0 Å². The highest BCUT2D eigenvalue weighted by Gasteiger charge is 2.28. The van der Waals surface area contributed by atoms with Crippen LogP contribution in [0.5, 0.6) is 17.2 Å². The van der Waals surface area contributed by atoms with Crippen LogP contribution in [0.15, 0.2) is 82.0 Å². The van der Waals surface area contributed by atoms with E-state index in [1.807, 2.05) is 0 Å². The van der Waals surface area contributed by atoms with Crippen molar-refractivity contribution in [2.45, 2.75) is 12.3 Å². The summed E-state index contributed by atoms with van der Waals surface area (Å²) in [7, 11) is 1.54. The lowest BCUT2D eigenvalue weighted by atomic mass is 9.85. The molecule has 0 aliphatic rings. The lowest BCUT2D eigenvalue weighted by Crippen LogP contribution is -2.17. The van der Waals surface area contributed by atoms with Gasteiger partial charge in [0.25, 0.3) is 0 Å². The summed E-state index contributed by atoms with van der Waals surface area (Å²) in [6.07, 6.45) is -0.152. The maximum absolute atomic E-state index is 13.0. The van der Waals surface area contributed by atoms with E-state index < -0.39 is 11.5 Å². The quantitative estimate of drug-likeness (QED) is 0.352. The SMILES string of the molecule is COc1ccc(C(CC(=O)c2ccccc2O)c2c(O)c3ccccc3oc2=O)cc1. The Kier molecular flexibility index (Phi) is 5.45. The fourth-order valence-corrected chi connectivity index (χ4v) is 3.68. The van der Waals surface area contributed by atoms with Gasteiger partial charge in [-0.3, -0.25) is 4.79 Å². The highest BCUT2D eigenvalue weighted by atomic mass is 16.5. The molecule has 156 valence electrons. The highest BCUT2D eigenvalue weighted by molar-refractivity contribution is 5.99. The van der Waals surface area contributed by atoms with Crippen molar-refractivity contribution < 1.29 is 24.2 Å². The van der Waals surface area contributed by atoms with E-state index >= 15 is 0 Å². The lowest BCUT2D eigenvalue weighted by molar-refractivity contribution is 0.0974. The predicted molar refractivity (Wildman–Crippen MR) is 116 cm³/mol. The van der Waals surface area contributed by atoms with E-state index in [1.165, 1.54) is 19.2 Å². The van der Waals surface area contributed by atoms with E-state index in [0.29, 0.717) is 16.7 Å². The van der Waals surface area contributed by atoms with Gasteiger partial charge in [-0.1, -0.05) is 36.4 Å². The molecular formula is C25H20O6. The number of carbonyl (C=O) groups is 1. The van der Waals surface area contributed by atoms with Gasteiger partial charge in [0.15, 0.2) is 5.78 Å². The van der Waals surface area contributed by atoms with Gasteiger partial charge >= 0.3 is 5.63 Å². The van der Waals surface area contributed by atoms with Gasteiger partial charge in [0.2, 0.25) is 0 Å². The van der Waals surface area contributed by atoms with E-state index in [1.54, 1.807) is 60.7 Å². The molecule has 2 N–H and O–H groups in total. The Morgan fingerprint density at radius 3 is 2.35 bits per heavy atom. The highest BCUT2D eigenvalue weighted by Crippen LogP contribution is 2.37. The number of benzene rings is 3. The minimum Gasteiger partial charge on any atom is -0.507 e. The van der Waals surface area contributed by atoms with Crippen LogP contribution in [0.3, 0.4) is 0 Å². The van der Waals surface area contributed by atoms with Crippen molar-refractivity contribution in [3.05, 3.63) is 99.9 Å². The molecule has 1 heterocycles. The maximum Gasteiger partial charge on any atom is 0.343 e. The van der Waals surface area contributed by atoms with Crippen molar-refractivity contribution in [1.82, 2.24) is 0 Å². The standard InChI is InChI=1S/C25H20O6/c1-30-16-12-10-15(11-13-16)19(14-21(27)17-6-2-4-8-20(17)26)23-24(28)18-7-3-5-9-22(18)31-25(23)29/h2-13,19,26,28H,14H2,1H3. The summed E-state index contributed by atoms with van der Waals surface area (Å²) in [4.78, 5) is 25.9. The second-order valence-electron chi connectivity index (χ2n) is 7.12. The van der Waals surface area contributed by atoms with Crippen molar-refractivity contribution in [2.75, 3.05) is 7.11 Å². The van der Waals surface area contributed by atoms with Gasteiger partial charge in [-0.25, -0.2) is 4.79 Å². The minimum atomic E-state index is -0.793. The summed E-state index contributed by atoms with van der Waals surface area (Å²) < 4.78 is 10.6. The molecule has 0 aliphatic carbocycles. The summed E-state index contributed by atoms with van der Waals surface area (Å²) in [5.74, 6) is -0.914. The average Bonchev–Trinajstić information content (AvgIpc) is 2.78. The minimum absolute atomic E-state index is 0.00682. The zero-order valence-corrected chi connectivity index (χ0v) is 16.7. The molecule has 1 atom stereocenters. The first kappa shape index (κ1) is 20.2. The topological polar surface area (TPSA) is 97.0 Å². The number of methoxy groups -OCH3 is 1. The third-order valence-electron chi connectivity index (χ3n) is 5.28. The second-order valence-corrected chi connectivity index (χ2v) is 7.12. The van der Waals surface area contributed by atoms with Crippen LogP contribution in [0.1, 0.15) is 33.8 Å². The Balaban J connectivity index is 1.87. The Morgan fingerprint density at radius 2 is 1.65 bits per heavy atom. The molecule has 0 radical (unpaired) electrons. The van der Waals surface area contributed by atoms with Crippen LogP contribution in [0.25, 0.3) is 11.0 Å². The molecule has 31 heavy (non-hydrogen) atoms. The number of rotatable bonds is 6. The first-order valence-electron chi connectivity index (χ1n) is 9.69. The Morgan fingerprint density at radius 1 is 0.968 bits per heavy atom. The van der Waals surface area contributed by atoms with Crippen LogP contribution in [0.4, 0.5) is 0 Å². The smallest absolute Gasteiger partial charge is 0.343 e. The normalized spacial score (nSPS) is 11.9. The molecule has 4 aromatic rings. The van der Waals surface area contributed by atoms with Gasteiger partial charge in [0, 0.05) is 12.3 Å². The zero-order valence-electron chi connectivity index (χ0n) is 16.7. The third kappa shape index (κ3) is 3.88. The van der Waals surface area contributed by atoms with Crippen molar-refractivity contribution in [2.24, 2.45) is 0 Å². The molecule has 4 rings (SSSR count). The molecule has 1 aromatic heterocycles. The molecule has 0 fully saturated rings. The molecule has 6 nitrogen and oxygen atoms in total. The summed E-state index contributed by atoms with van der Waals surface area (Å²) in [6.45, 7) is 0. The number of aromatic hydroxyl groups is 2. The summed E-state index contributed by atoms with van der Waals surface area (Å²) in [5, 5.41) is 21.4. The van der Waals surface area contributed by atoms with Crippen molar-refractivity contribution in [1.29, 1.82) is 0 Å². The second kappa shape index (κ2) is 8.36. The number of hydrogen-bond donors (Lipinski definition) is 2. The molecular weight excluding hydrogens is 396 g/mol. The number of hydrogen-bond acceptors (Lipinski definition) is 6. The molecule has 0 amide bonds. The fourth-order valence-electron chi connectivity index (χ4n) is 3.68. The molecule has 0 bridgehead atoms. The Bertz CT molecular complexity index is 1300. The Hall–Kier alpha value is -4.06. The average molecular weight is 416 g/mol. The monoisotopic (exact) mass is 416 g/mol. The molecule has 0 saturated heterocycles. The van der Waals surface area contributed by atoms with E-state index in [-0.39, 0.29) is 40.4 Å². The van der Waals surface area contributed by atoms with Crippen LogP contribution >= 0.6 is 0 Å². The fraction of sp³-hybridized carbons (Fsp3) is 0.120. The van der Waals surface area contributed by atoms with E-state index in [4.69, 9.17) is 9.15 Å². The number of ether oxygens (including phenoxy) is 1. The largest absolute Gasteiger partial charge is 0.507 e. The van der Waals surface area contributed by atoms with E-state index in [2.05, 4.69) is 0 Å². The number of para-hydroxylation sites is 2. The van der Waals surface area contributed by atoms with Crippen molar-refractivity contribution in [3.63, 3.8) is 0 Å². The molecule has 0 aliphatic heterocycles. The number of fused-ring (bicyclic) bond motifs is 1. The molecule has 3 aromatic carbocycles.